The number of ether oxygens (including phenoxy) is 2. The summed E-state index contributed by atoms with van der Waals surface area (Å²) in [6.45, 7) is 3.54. The number of hydrogen-bond acceptors (Lipinski definition) is 4. The number of nitrogens with one attached hydrogen (secondary N) is 1. The van der Waals surface area contributed by atoms with Gasteiger partial charge < -0.3 is 14.8 Å². The normalized spacial score (nSPS) is 11.7. The van der Waals surface area contributed by atoms with Crippen molar-refractivity contribution in [2.24, 2.45) is 0 Å². The van der Waals surface area contributed by atoms with Crippen molar-refractivity contribution < 1.29 is 19.1 Å². The van der Waals surface area contributed by atoms with E-state index in [1.54, 1.807) is 31.4 Å². The number of methoxy groups -OCH3 is 1. The first-order valence-corrected chi connectivity index (χ1v) is 5.62. The minimum atomic E-state index is -0.458. The van der Waals surface area contributed by atoms with Crippen LogP contribution in [0, 0.1) is 0 Å². The highest BCUT2D eigenvalue weighted by molar-refractivity contribution is 5.97. The van der Waals surface area contributed by atoms with Gasteiger partial charge in [-0.2, -0.15) is 0 Å². The molecular weight excluding hydrogens is 234 g/mol. The predicted molar refractivity (Wildman–Crippen MR) is 66.6 cm³/mol. The zero-order chi connectivity index (χ0) is 13.5. The molecule has 0 aliphatic carbocycles. The van der Waals surface area contributed by atoms with Crippen LogP contribution >= 0.6 is 0 Å². The second-order valence-electron chi connectivity index (χ2n) is 3.92. The lowest BCUT2D eigenvalue weighted by Gasteiger charge is -2.14. The summed E-state index contributed by atoms with van der Waals surface area (Å²) in [6.07, 6.45) is 0. The molecule has 0 saturated heterocycles. The fourth-order valence-electron chi connectivity index (χ4n) is 1.49. The fraction of sp³-hybridized carbons (Fsp3) is 0.385. The Hall–Kier alpha value is -1.88. The molecule has 0 aliphatic heterocycles. The molecule has 1 aromatic rings. The van der Waals surface area contributed by atoms with Crippen LogP contribution < -0.4 is 10.1 Å². The van der Waals surface area contributed by atoms with Crippen LogP contribution in [-0.4, -0.2) is 31.6 Å². The Kier molecular flexibility index (Phi) is 5.32. The average molecular weight is 251 g/mol. The molecule has 5 heteroatoms. The first-order chi connectivity index (χ1) is 8.54. The monoisotopic (exact) mass is 251 g/mol. The van der Waals surface area contributed by atoms with E-state index < -0.39 is 5.97 Å². The van der Waals surface area contributed by atoms with E-state index in [4.69, 9.17) is 9.47 Å². The first-order valence-electron chi connectivity index (χ1n) is 5.62. The van der Waals surface area contributed by atoms with Gasteiger partial charge in [-0.1, -0.05) is 12.1 Å². The third-order valence-electron chi connectivity index (χ3n) is 2.18. The van der Waals surface area contributed by atoms with Crippen LogP contribution in [0.3, 0.4) is 0 Å². The van der Waals surface area contributed by atoms with Crippen molar-refractivity contribution in [3.05, 3.63) is 29.8 Å². The lowest BCUT2D eigenvalue weighted by molar-refractivity contribution is -0.131. The molecule has 0 unspecified atom stereocenters. The number of carbonyl (C=O) groups excluding carboxylic acids is 2. The number of esters is 1. The van der Waals surface area contributed by atoms with Crippen LogP contribution in [0.5, 0.6) is 5.75 Å². The van der Waals surface area contributed by atoms with E-state index in [-0.39, 0.29) is 17.7 Å². The van der Waals surface area contributed by atoms with Gasteiger partial charge in [-0.25, -0.2) is 0 Å². The molecule has 0 heterocycles. The van der Waals surface area contributed by atoms with Crippen LogP contribution in [0.2, 0.25) is 0 Å². The summed E-state index contributed by atoms with van der Waals surface area (Å²) in [5, 5.41) is 2.76. The molecule has 0 aliphatic rings. The number of para-hydroxylation sites is 1. The molecule has 18 heavy (non-hydrogen) atoms. The van der Waals surface area contributed by atoms with E-state index in [0.29, 0.717) is 12.2 Å². The molecule has 98 valence electrons. The van der Waals surface area contributed by atoms with Crippen LogP contribution in [0.4, 0.5) is 0 Å². The summed E-state index contributed by atoms with van der Waals surface area (Å²) in [6, 6.07) is 6.48. The van der Waals surface area contributed by atoms with Crippen molar-refractivity contribution in [1.29, 1.82) is 0 Å². The van der Waals surface area contributed by atoms with E-state index in [1.807, 2.05) is 6.92 Å². The maximum atomic E-state index is 12.0. The third kappa shape index (κ3) is 4.18. The summed E-state index contributed by atoms with van der Waals surface area (Å²) in [7, 11) is 1.56. The van der Waals surface area contributed by atoms with Gasteiger partial charge in [0.2, 0.25) is 0 Å². The van der Waals surface area contributed by atoms with Crippen molar-refractivity contribution in [3.8, 4) is 5.75 Å². The Bertz CT molecular complexity index is 431. The molecular formula is C13H17NO4. The molecule has 1 N–H and O–H groups in total. The molecule has 1 rings (SSSR count). The van der Waals surface area contributed by atoms with E-state index in [2.05, 4.69) is 5.32 Å². The minimum Gasteiger partial charge on any atom is -0.426 e. The maximum absolute atomic E-state index is 12.0. The minimum absolute atomic E-state index is 0.118. The van der Waals surface area contributed by atoms with Crippen molar-refractivity contribution >= 4 is 11.9 Å². The SMILES string of the molecule is COC[C@H](C)NC(=O)c1ccccc1OC(C)=O. The van der Waals surface area contributed by atoms with E-state index in [1.165, 1.54) is 6.92 Å². The Morgan fingerprint density at radius 2 is 2.00 bits per heavy atom. The zero-order valence-electron chi connectivity index (χ0n) is 10.7. The van der Waals surface area contributed by atoms with Gasteiger partial charge in [0.25, 0.3) is 5.91 Å². The summed E-state index contributed by atoms with van der Waals surface area (Å²) in [4.78, 5) is 22.9. The van der Waals surface area contributed by atoms with E-state index in [9.17, 15) is 9.59 Å². The van der Waals surface area contributed by atoms with Crippen LogP contribution in [0.15, 0.2) is 24.3 Å². The number of benzene rings is 1. The Morgan fingerprint density at radius 3 is 2.61 bits per heavy atom. The maximum Gasteiger partial charge on any atom is 0.308 e. The summed E-state index contributed by atoms with van der Waals surface area (Å²) in [5.74, 6) is -0.497. The molecule has 0 saturated carbocycles. The van der Waals surface area contributed by atoms with Crippen LogP contribution in [0.25, 0.3) is 0 Å². The van der Waals surface area contributed by atoms with Gasteiger partial charge in [0.15, 0.2) is 0 Å². The standard InChI is InChI=1S/C13H17NO4/c1-9(8-17-3)14-13(16)11-6-4-5-7-12(11)18-10(2)15/h4-7,9H,8H2,1-3H3,(H,14,16)/t9-/m0/s1. The molecule has 1 aromatic carbocycles. The van der Waals surface area contributed by atoms with Gasteiger partial charge in [-0.3, -0.25) is 9.59 Å². The highest BCUT2D eigenvalue weighted by Crippen LogP contribution is 2.18. The Morgan fingerprint density at radius 1 is 1.33 bits per heavy atom. The molecule has 0 bridgehead atoms. The highest BCUT2D eigenvalue weighted by atomic mass is 16.5. The second-order valence-corrected chi connectivity index (χ2v) is 3.92. The van der Waals surface area contributed by atoms with Crippen molar-refractivity contribution in [2.45, 2.75) is 19.9 Å². The topological polar surface area (TPSA) is 64.6 Å². The zero-order valence-corrected chi connectivity index (χ0v) is 10.7. The smallest absolute Gasteiger partial charge is 0.308 e. The van der Waals surface area contributed by atoms with Crippen LogP contribution in [0.1, 0.15) is 24.2 Å². The van der Waals surface area contributed by atoms with Crippen molar-refractivity contribution in [3.63, 3.8) is 0 Å². The molecule has 0 radical (unpaired) electrons. The molecule has 0 aromatic heterocycles. The van der Waals surface area contributed by atoms with Gasteiger partial charge in [-0.15, -0.1) is 0 Å². The molecule has 0 fully saturated rings. The van der Waals surface area contributed by atoms with Gasteiger partial charge in [0.1, 0.15) is 5.75 Å². The average Bonchev–Trinajstić information content (AvgIpc) is 2.28. The molecule has 1 atom stereocenters. The van der Waals surface area contributed by atoms with E-state index in [0.717, 1.165) is 0 Å². The molecule has 5 nitrogen and oxygen atoms in total. The third-order valence-corrected chi connectivity index (χ3v) is 2.18. The number of carbonyl (C=O) groups is 2. The number of rotatable bonds is 5. The lowest BCUT2D eigenvalue weighted by atomic mass is 10.1. The quantitative estimate of drug-likeness (QED) is 0.634. The predicted octanol–water partition coefficient (Wildman–Crippen LogP) is 1.38. The van der Waals surface area contributed by atoms with Gasteiger partial charge in [-0.05, 0) is 19.1 Å². The Labute approximate surface area is 106 Å². The Balaban J connectivity index is 2.81. The number of hydrogen-bond donors (Lipinski definition) is 1. The fourth-order valence-corrected chi connectivity index (χ4v) is 1.49. The van der Waals surface area contributed by atoms with Crippen molar-refractivity contribution in [1.82, 2.24) is 5.32 Å². The van der Waals surface area contributed by atoms with Gasteiger partial charge >= 0.3 is 5.97 Å². The lowest BCUT2D eigenvalue weighted by Crippen LogP contribution is -2.35. The summed E-state index contributed by atoms with van der Waals surface area (Å²) >= 11 is 0. The van der Waals surface area contributed by atoms with Crippen molar-refractivity contribution in [2.75, 3.05) is 13.7 Å². The largest absolute Gasteiger partial charge is 0.426 e. The summed E-state index contributed by atoms with van der Waals surface area (Å²) < 4.78 is 9.91. The first kappa shape index (κ1) is 14.2. The number of amides is 1. The van der Waals surface area contributed by atoms with Gasteiger partial charge in [0.05, 0.1) is 12.2 Å². The summed E-state index contributed by atoms with van der Waals surface area (Å²) in [5.41, 5.74) is 0.329. The highest BCUT2D eigenvalue weighted by Gasteiger charge is 2.15. The van der Waals surface area contributed by atoms with Crippen LogP contribution in [-0.2, 0) is 9.53 Å². The van der Waals surface area contributed by atoms with Gasteiger partial charge in [0, 0.05) is 20.1 Å². The molecule has 1 amide bonds. The molecule has 0 spiro atoms. The second kappa shape index (κ2) is 6.76. The van der Waals surface area contributed by atoms with E-state index >= 15 is 0 Å².